The highest BCUT2D eigenvalue weighted by Crippen LogP contribution is 2.26. The summed E-state index contributed by atoms with van der Waals surface area (Å²) in [6, 6.07) is 0. The zero-order valence-corrected chi connectivity index (χ0v) is 9.30. The molecule has 1 fully saturated rings. The fourth-order valence-electron chi connectivity index (χ4n) is 2.21. The van der Waals surface area contributed by atoms with E-state index in [-0.39, 0.29) is 5.54 Å². The Kier molecular flexibility index (Phi) is 3.03. The lowest BCUT2D eigenvalue weighted by Crippen LogP contribution is -2.50. The van der Waals surface area contributed by atoms with Crippen molar-refractivity contribution in [3.05, 3.63) is 0 Å². The van der Waals surface area contributed by atoms with Crippen molar-refractivity contribution < 1.29 is 0 Å². The average molecular weight is 179 g/mol. The van der Waals surface area contributed by atoms with Crippen molar-refractivity contribution in [3.63, 3.8) is 0 Å². The van der Waals surface area contributed by atoms with Crippen LogP contribution in [-0.4, -0.2) is 23.5 Å². The van der Waals surface area contributed by atoms with Crippen molar-refractivity contribution in [2.45, 2.75) is 39.7 Å². The average Bonchev–Trinajstić information content (AvgIpc) is 2.02. The van der Waals surface area contributed by atoms with Crippen LogP contribution in [0.1, 0.15) is 34.1 Å². The number of terminal acetylenes is 1. The summed E-state index contributed by atoms with van der Waals surface area (Å²) in [7, 11) is 0. The highest BCUT2D eigenvalue weighted by atomic mass is 15.2. The van der Waals surface area contributed by atoms with Crippen LogP contribution in [0.4, 0.5) is 0 Å². The number of piperidine rings is 1. The Labute approximate surface area is 82.5 Å². The molecule has 74 valence electrons. The van der Waals surface area contributed by atoms with Crippen molar-refractivity contribution in [1.82, 2.24) is 4.90 Å². The second-order valence-corrected chi connectivity index (χ2v) is 5.05. The molecule has 0 N–H and O–H groups in total. The molecule has 0 aromatic rings. The molecule has 1 heterocycles. The molecule has 0 aromatic heterocycles. The van der Waals surface area contributed by atoms with Crippen LogP contribution in [0.5, 0.6) is 0 Å². The molecule has 13 heavy (non-hydrogen) atoms. The zero-order valence-electron chi connectivity index (χ0n) is 9.30. The van der Waals surface area contributed by atoms with Gasteiger partial charge in [-0.15, -0.1) is 6.42 Å². The normalized spacial score (nSPS) is 31.3. The SMILES string of the molecule is C#CC(C)(C)N1CC(C)CC(C)C1. The highest BCUT2D eigenvalue weighted by Gasteiger charge is 2.30. The van der Waals surface area contributed by atoms with E-state index in [2.05, 4.69) is 38.5 Å². The first-order valence-corrected chi connectivity index (χ1v) is 5.18. The number of rotatable bonds is 1. The van der Waals surface area contributed by atoms with Crippen molar-refractivity contribution in [2.24, 2.45) is 11.8 Å². The van der Waals surface area contributed by atoms with Crippen LogP contribution in [0.3, 0.4) is 0 Å². The predicted octanol–water partition coefficient (Wildman–Crippen LogP) is 2.38. The van der Waals surface area contributed by atoms with E-state index in [0.717, 1.165) is 24.9 Å². The number of hydrogen-bond donors (Lipinski definition) is 0. The first-order chi connectivity index (χ1) is 5.95. The molecule has 0 bridgehead atoms. The maximum atomic E-state index is 5.54. The minimum Gasteiger partial charge on any atom is -0.287 e. The molecule has 2 atom stereocenters. The molecule has 1 nitrogen and oxygen atoms in total. The van der Waals surface area contributed by atoms with Gasteiger partial charge in [0.15, 0.2) is 0 Å². The maximum Gasteiger partial charge on any atom is 0.0766 e. The van der Waals surface area contributed by atoms with Gasteiger partial charge >= 0.3 is 0 Å². The molecule has 1 aliphatic heterocycles. The standard InChI is InChI=1S/C12H21N/c1-6-12(4,5)13-8-10(2)7-11(3)9-13/h1,10-11H,7-9H2,2-5H3. The van der Waals surface area contributed by atoms with Crippen molar-refractivity contribution in [3.8, 4) is 12.3 Å². The summed E-state index contributed by atoms with van der Waals surface area (Å²) >= 11 is 0. The van der Waals surface area contributed by atoms with E-state index in [1.54, 1.807) is 0 Å². The van der Waals surface area contributed by atoms with E-state index >= 15 is 0 Å². The van der Waals surface area contributed by atoms with Gasteiger partial charge in [-0.3, -0.25) is 4.90 Å². The Morgan fingerprint density at radius 1 is 1.23 bits per heavy atom. The summed E-state index contributed by atoms with van der Waals surface area (Å²) in [5.74, 6) is 4.45. The van der Waals surface area contributed by atoms with Gasteiger partial charge in [-0.2, -0.15) is 0 Å². The Bertz CT molecular complexity index is 202. The molecule has 0 amide bonds. The van der Waals surface area contributed by atoms with Gasteiger partial charge in [-0.05, 0) is 32.1 Å². The van der Waals surface area contributed by atoms with E-state index in [9.17, 15) is 0 Å². The maximum absolute atomic E-state index is 5.54. The molecule has 0 saturated carbocycles. The third-order valence-corrected chi connectivity index (χ3v) is 3.01. The molecule has 1 saturated heterocycles. The molecule has 2 unspecified atom stereocenters. The van der Waals surface area contributed by atoms with E-state index in [4.69, 9.17) is 6.42 Å². The first-order valence-electron chi connectivity index (χ1n) is 5.18. The lowest BCUT2D eigenvalue weighted by molar-refractivity contribution is 0.0781. The van der Waals surface area contributed by atoms with Crippen LogP contribution in [0.25, 0.3) is 0 Å². The van der Waals surface area contributed by atoms with Gasteiger partial charge < -0.3 is 0 Å². The third kappa shape index (κ3) is 2.48. The molecule has 1 rings (SSSR count). The van der Waals surface area contributed by atoms with E-state index in [1.165, 1.54) is 6.42 Å². The molecule has 0 aromatic carbocycles. The minimum atomic E-state index is -0.0665. The Hall–Kier alpha value is -0.480. The number of hydrogen-bond acceptors (Lipinski definition) is 1. The molecule has 0 spiro atoms. The Morgan fingerprint density at radius 3 is 2.08 bits per heavy atom. The molecule has 1 aliphatic rings. The van der Waals surface area contributed by atoms with Crippen LogP contribution in [0.2, 0.25) is 0 Å². The summed E-state index contributed by atoms with van der Waals surface area (Å²) in [6.07, 6.45) is 6.88. The van der Waals surface area contributed by atoms with E-state index in [0.29, 0.717) is 0 Å². The van der Waals surface area contributed by atoms with Crippen molar-refractivity contribution in [1.29, 1.82) is 0 Å². The van der Waals surface area contributed by atoms with Crippen LogP contribution in [0, 0.1) is 24.2 Å². The quantitative estimate of drug-likeness (QED) is 0.559. The zero-order chi connectivity index (χ0) is 10.1. The van der Waals surface area contributed by atoms with Crippen molar-refractivity contribution >= 4 is 0 Å². The summed E-state index contributed by atoms with van der Waals surface area (Å²) in [5, 5.41) is 0. The van der Waals surface area contributed by atoms with Crippen LogP contribution in [-0.2, 0) is 0 Å². The monoisotopic (exact) mass is 179 g/mol. The summed E-state index contributed by atoms with van der Waals surface area (Å²) in [5.41, 5.74) is -0.0665. The van der Waals surface area contributed by atoms with Gasteiger partial charge in [0.05, 0.1) is 5.54 Å². The van der Waals surface area contributed by atoms with Gasteiger partial charge in [-0.25, -0.2) is 0 Å². The smallest absolute Gasteiger partial charge is 0.0766 e. The summed E-state index contributed by atoms with van der Waals surface area (Å²) in [6.45, 7) is 11.2. The Balaban J connectivity index is 2.66. The lowest BCUT2D eigenvalue weighted by atomic mass is 9.88. The number of likely N-dealkylation sites (tertiary alicyclic amines) is 1. The van der Waals surface area contributed by atoms with E-state index in [1.807, 2.05) is 0 Å². The molecule has 0 radical (unpaired) electrons. The van der Waals surface area contributed by atoms with Crippen LogP contribution < -0.4 is 0 Å². The fraction of sp³-hybridized carbons (Fsp3) is 0.833. The summed E-state index contributed by atoms with van der Waals surface area (Å²) < 4.78 is 0. The minimum absolute atomic E-state index is 0.0665. The van der Waals surface area contributed by atoms with Gasteiger partial charge in [0.1, 0.15) is 0 Å². The van der Waals surface area contributed by atoms with Gasteiger partial charge in [0, 0.05) is 13.1 Å². The topological polar surface area (TPSA) is 3.24 Å². The highest BCUT2D eigenvalue weighted by molar-refractivity contribution is 5.09. The Morgan fingerprint density at radius 2 is 1.69 bits per heavy atom. The van der Waals surface area contributed by atoms with Gasteiger partial charge in [0.25, 0.3) is 0 Å². The predicted molar refractivity (Wildman–Crippen MR) is 57.4 cm³/mol. The fourth-order valence-corrected chi connectivity index (χ4v) is 2.21. The van der Waals surface area contributed by atoms with E-state index < -0.39 is 0 Å². The molecular formula is C12H21N. The first kappa shape index (κ1) is 10.6. The second kappa shape index (κ2) is 3.72. The van der Waals surface area contributed by atoms with Crippen molar-refractivity contribution in [2.75, 3.05) is 13.1 Å². The van der Waals surface area contributed by atoms with Gasteiger partial charge in [0.2, 0.25) is 0 Å². The molecule has 1 heteroatoms. The van der Waals surface area contributed by atoms with Crippen LogP contribution >= 0.6 is 0 Å². The van der Waals surface area contributed by atoms with Gasteiger partial charge in [-0.1, -0.05) is 19.8 Å². The molecular weight excluding hydrogens is 158 g/mol. The summed E-state index contributed by atoms with van der Waals surface area (Å²) in [4.78, 5) is 2.44. The lowest BCUT2D eigenvalue weighted by Gasteiger charge is -2.42. The van der Waals surface area contributed by atoms with Crippen LogP contribution in [0.15, 0.2) is 0 Å². The second-order valence-electron chi connectivity index (χ2n) is 5.05. The molecule has 0 aliphatic carbocycles. The number of nitrogens with zero attached hydrogens (tertiary/aromatic N) is 1. The third-order valence-electron chi connectivity index (χ3n) is 3.01. The largest absolute Gasteiger partial charge is 0.287 e.